The molecular formula is C20H21F2N3O4S. The molecule has 0 aliphatic carbocycles. The van der Waals surface area contributed by atoms with Crippen LogP contribution in [0.3, 0.4) is 0 Å². The molecule has 1 saturated heterocycles. The summed E-state index contributed by atoms with van der Waals surface area (Å²) in [6.45, 7) is 0.156. The van der Waals surface area contributed by atoms with Gasteiger partial charge in [0.05, 0.1) is 0 Å². The Bertz CT molecular complexity index is 844. The summed E-state index contributed by atoms with van der Waals surface area (Å²) in [5, 5.41) is 5.76. The summed E-state index contributed by atoms with van der Waals surface area (Å²) in [5.41, 5.74) is 1.31. The Kier molecular flexibility index (Phi) is 7.86. The van der Waals surface area contributed by atoms with Crippen molar-refractivity contribution in [3.63, 3.8) is 0 Å². The van der Waals surface area contributed by atoms with E-state index in [-0.39, 0.29) is 11.0 Å². The van der Waals surface area contributed by atoms with E-state index >= 15 is 0 Å². The number of carbonyl (C=O) groups excluding carboxylic acids is 2. The number of nitrogens with zero attached hydrogens (tertiary/aromatic N) is 1. The Morgan fingerprint density at radius 3 is 2.30 bits per heavy atom. The second-order valence-electron chi connectivity index (χ2n) is 6.35. The van der Waals surface area contributed by atoms with Crippen molar-refractivity contribution in [2.45, 2.75) is 12.4 Å². The number of nitrogens with one attached hydrogen (secondary N) is 2. The van der Waals surface area contributed by atoms with E-state index in [9.17, 15) is 18.4 Å². The Hall–Kier alpha value is -2.85. The van der Waals surface area contributed by atoms with Crippen LogP contribution in [0.4, 0.5) is 24.1 Å². The van der Waals surface area contributed by atoms with Gasteiger partial charge in [-0.2, -0.15) is 8.78 Å². The highest BCUT2D eigenvalue weighted by molar-refractivity contribution is 8.12. The first kappa shape index (κ1) is 21.8. The van der Waals surface area contributed by atoms with Gasteiger partial charge in [-0.15, -0.1) is 0 Å². The average Bonchev–Trinajstić information content (AvgIpc) is 2.74. The fourth-order valence-corrected chi connectivity index (χ4v) is 3.56. The van der Waals surface area contributed by atoms with E-state index in [1.54, 1.807) is 24.3 Å². The molecule has 2 aromatic rings. The van der Waals surface area contributed by atoms with Crippen molar-refractivity contribution < 1.29 is 27.8 Å². The van der Waals surface area contributed by atoms with Gasteiger partial charge >= 0.3 is 12.7 Å². The number of rotatable bonds is 6. The van der Waals surface area contributed by atoms with Crippen molar-refractivity contribution in [3.8, 4) is 11.5 Å². The summed E-state index contributed by atoms with van der Waals surface area (Å²) >= 11 is 1.24. The summed E-state index contributed by atoms with van der Waals surface area (Å²) in [7, 11) is 0. The normalized spacial score (nSPS) is 13.8. The second-order valence-corrected chi connectivity index (χ2v) is 7.28. The summed E-state index contributed by atoms with van der Waals surface area (Å²) in [5.74, 6) is 0.864. The number of anilines is 1. The number of hydrogen-bond donors (Lipinski definition) is 2. The molecular weight excluding hydrogens is 416 g/mol. The Morgan fingerprint density at radius 1 is 1.03 bits per heavy atom. The third-order valence-corrected chi connectivity index (χ3v) is 5.18. The summed E-state index contributed by atoms with van der Waals surface area (Å²) < 4.78 is 33.7. The third-order valence-electron chi connectivity index (χ3n) is 4.20. The molecule has 2 amide bonds. The predicted molar refractivity (Wildman–Crippen MR) is 110 cm³/mol. The van der Waals surface area contributed by atoms with Gasteiger partial charge in [0.2, 0.25) is 0 Å². The molecule has 1 heterocycles. The van der Waals surface area contributed by atoms with Gasteiger partial charge in [0, 0.05) is 37.6 Å². The van der Waals surface area contributed by atoms with Gasteiger partial charge in [0.15, 0.2) is 0 Å². The van der Waals surface area contributed by atoms with E-state index < -0.39 is 12.7 Å². The fourth-order valence-electron chi connectivity index (χ4n) is 2.71. The molecule has 30 heavy (non-hydrogen) atoms. The summed E-state index contributed by atoms with van der Waals surface area (Å²) in [6, 6.07) is 12.3. The third kappa shape index (κ3) is 6.89. The molecule has 0 aromatic heterocycles. The summed E-state index contributed by atoms with van der Waals surface area (Å²) in [6.07, 6.45) is -0.714. The first-order valence-electron chi connectivity index (χ1n) is 9.25. The molecule has 0 radical (unpaired) electrons. The van der Waals surface area contributed by atoms with Gasteiger partial charge in [-0.05, 0) is 42.0 Å². The number of carbonyl (C=O) groups is 2. The van der Waals surface area contributed by atoms with Gasteiger partial charge in [0.25, 0.3) is 5.24 Å². The Morgan fingerprint density at radius 2 is 1.67 bits per heavy atom. The van der Waals surface area contributed by atoms with Crippen LogP contribution in [-0.4, -0.2) is 49.0 Å². The van der Waals surface area contributed by atoms with Crippen LogP contribution < -0.4 is 20.1 Å². The molecule has 3 rings (SSSR count). The van der Waals surface area contributed by atoms with Crippen LogP contribution >= 0.6 is 11.8 Å². The zero-order chi connectivity index (χ0) is 21.3. The lowest BCUT2D eigenvalue weighted by Gasteiger charge is -2.26. The SMILES string of the molecule is O=C(Nc1ccc(OC(F)F)cc1)Oc1ccc(CSC(=O)N2CCNCC2)cc1. The van der Waals surface area contributed by atoms with E-state index in [0.717, 1.165) is 31.7 Å². The molecule has 0 saturated carbocycles. The van der Waals surface area contributed by atoms with Gasteiger partial charge in [-0.1, -0.05) is 23.9 Å². The average molecular weight is 437 g/mol. The molecule has 1 aliphatic heterocycles. The molecule has 2 aromatic carbocycles. The molecule has 0 spiro atoms. The lowest BCUT2D eigenvalue weighted by molar-refractivity contribution is -0.0498. The molecule has 10 heteroatoms. The minimum Gasteiger partial charge on any atom is -0.435 e. The number of ether oxygens (including phenoxy) is 2. The van der Waals surface area contributed by atoms with Crippen LogP contribution in [-0.2, 0) is 5.75 Å². The lowest BCUT2D eigenvalue weighted by Crippen LogP contribution is -2.45. The molecule has 160 valence electrons. The largest absolute Gasteiger partial charge is 0.435 e. The highest BCUT2D eigenvalue weighted by Gasteiger charge is 2.16. The molecule has 0 bridgehead atoms. The number of alkyl halides is 2. The highest BCUT2D eigenvalue weighted by Crippen LogP contribution is 2.21. The van der Waals surface area contributed by atoms with Crippen LogP contribution in [0, 0.1) is 0 Å². The maximum absolute atomic E-state index is 12.2. The molecule has 1 aliphatic rings. The number of halogens is 2. The van der Waals surface area contributed by atoms with Crippen LogP contribution in [0.5, 0.6) is 11.5 Å². The van der Waals surface area contributed by atoms with E-state index in [1.807, 2.05) is 4.90 Å². The van der Waals surface area contributed by atoms with Crippen molar-refractivity contribution >= 4 is 28.8 Å². The standard InChI is InChI=1S/C20H21F2N3O4S/c21-18(22)28-16-7-3-15(4-8-16)24-19(26)29-17-5-1-14(2-6-17)13-30-20(27)25-11-9-23-10-12-25/h1-8,18,23H,9-13H2,(H,24,26). The Labute approximate surface area is 176 Å². The van der Waals surface area contributed by atoms with Crippen LogP contribution in [0.15, 0.2) is 48.5 Å². The highest BCUT2D eigenvalue weighted by atomic mass is 32.2. The zero-order valence-electron chi connectivity index (χ0n) is 16.0. The van der Waals surface area contributed by atoms with Crippen molar-refractivity contribution in [1.29, 1.82) is 0 Å². The zero-order valence-corrected chi connectivity index (χ0v) is 16.8. The minimum absolute atomic E-state index is 0.00666. The maximum atomic E-state index is 12.2. The van der Waals surface area contributed by atoms with Gasteiger partial charge < -0.3 is 19.7 Å². The van der Waals surface area contributed by atoms with Crippen LogP contribution in [0.2, 0.25) is 0 Å². The topological polar surface area (TPSA) is 79.9 Å². The molecule has 7 nitrogen and oxygen atoms in total. The maximum Gasteiger partial charge on any atom is 0.417 e. The molecule has 0 unspecified atom stereocenters. The van der Waals surface area contributed by atoms with Crippen molar-refractivity contribution in [2.24, 2.45) is 0 Å². The van der Waals surface area contributed by atoms with E-state index in [2.05, 4.69) is 15.4 Å². The quantitative estimate of drug-likeness (QED) is 0.707. The van der Waals surface area contributed by atoms with E-state index in [0.29, 0.717) is 17.2 Å². The lowest BCUT2D eigenvalue weighted by atomic mass is 10.2. The number of piperazine rings is 1. The number of benzene rings is 2. The van der Waals surface area contributed by atoms with Crippen molar-refractivity contribution in [1.82, 2.24) is 10.2 Å². The second kappa shape index (κ2) is 10.8. The van der Waals surface area contributed by atoms with Crippen molar-refractivity contribution in [2.75, 3.05) is 31.5 Å². The van der Waals surface area contributed by atoms with E-state index in [4.69, 9.17) is 4.74 Å². The first-order valence-corrected chi connectivity index (χ1v) is 10.2. The number of amides is 2. The van der Waals surface area contributed by atoms with Crippen LogP contribution in [0.1, 0.15) is 5.56 Å². The van der Waals surface area contributed by atoms with Crippen molar-refractivity contribution in [3.05, 3.63) is 54.1 Å². The van der Waals surface area contributed by atoms with Crippen LogP contribution in [0.25, 0.3) is 0 Å². The minimum atomic E-state index is -2.91. The van der Waals surface area contributed by atoms with Gasteiger partial charge in [-0.25, -0.2) is 4.79 Å². The molecule has 1 fully saturated rings. The number of hydrogen-bond acceptors (Lipinski definition) is 6. The van der Waals surface area contributed by atoms with Gasteiger partial charge in [-0.3, -0.25) is 10.1 Å². The fraction of sp³-hybridized carbons (Fsp3) is 0.300. The Balaban J connectivity index is 1.44. The summed E-state index contributed by atoms with van der Waals surface area (Å²) in [4.78, 5) is 26.0. The monoisotopic (exact) mass is 437 g/mol. The first-order chi connectivity index (χ1) is 14.5. The number of thioether (sulfide) groups is 1. The molecule has 0 atom stereocenters. The van der Waals surface area contributed by atoms with Gasteiger partial charge in [0.1, 0.15) is 11.5 Å². The smallest absolute Gasteiger partial charge is 0.417 e. The predicted octanol–water partition coefficient (Wildman–Crippen LogP) is 4.16. The van der Waals surface area contributed by atoms with E-state index in [1.165, 1.54) is 36.0 Å². The molecule has 2 N–H and O–H groups in total.